The SMILES string of the molecule is COc1ccc(-c2cnc3n2CCN(Cc2nccs2)C3)cc1.O=C(O)C(F)(F)F. The van der Waals surface area contributed by atoms with Crippen molar-refractivity contribution in [2.24, 2.45) is 0 Å². The average Bonchev–Trinajstić information content (AvgIpc) is 3.37. The molecule has 160 valence electrons. The number of rotatable bonds is 4. The van der Waals surface area contributed by atoms with Gasteiger partial charge >= 0.3 is 12.1 Å². The Balaban J connectivity index is 0.000000318. The molecule has 1 aliphatic heterocycles. The lowest BCUT2D eigenvalue weighted by Gasteiger charge is -2.27. The number of imidazole rings is 1. The molecule has 0 spiro atoms. The number of halogens is 3. The van der Waals surface area contributed by atoms with Gasteiger partial charge in [0, 0.05) is 30.2 Å². The van der Waals surface area contributed by atoms with Gasteiger partial charge in [-0.25, -0.2) is 14.8 Å². The number of alkyl halides is 3. The number of methoxy groups -OCH3 is 1. The molecule has 3 aromatic rings. The highest BCUT2D eigenvalue weighted by molar-refractivity contribution is 7.09. The molecular weight excluding hydrogens is 421 g/mol. The van der Waals surface area contributed by atoms with Crippen LogP contribution in [-0.4, -0.2) is 50.3 Å². The lowest BCUT2D eigenvalue weighted by molar-refractivity contribution is -0.192. The van der Waals surface area contributed by atoms with Crippen molar-refractivity contribution in [1.29, 1.82) is 0 Å². The Morgan fingerprint density at radius 1 is 1.23 bits per heavy atom. The zero-order chi connectivity index (χ0) is 21.7. The van der Waals surface area contributed by atoms with Crippen LogP contribution in [0.25, 0.3) is 11.3 Å². The quantitative estimate of drug-likeness (QED) is 0.667. The molecule has 1 aromatic carbocycles. The molecule has 1 aliphatic rings. The molecular formula is C19H19F3N4O3S. The van der Waals surface area contributed by atoms with Gasteiger partial charge in [0.1, 0.15) is 16.6 Å². The minimum absolute atomic E-state index is 0.871. The van der Waals surface area contributed by atoms with E-state index in [0.717, 1.165) is 37.8 Å². The van der Waals surface area contributed by atoms with E-state index in [9.17, 15) is 13.2 Å². The number of carboxylic acid groups (broad SMARTS) is 1. The summed E-state index contributed by atoms with van der Waals surface area (Å²) in [5.74, 6) is -0.757. The van der Waals surface area contributed by atoms with Crippen LogP contribution in [0.2, 0.25) is 0 Å². The predicted molar refractivity (Wildman–Crippen MR) is 104 cm³/mol. The van der Waals surface area contributed by atoms with Crippen molar-refractivity contribution in [1.82, 2.24) is 19.4 Å². The summed E-state index contributed by atoms with van der Waals surface area (Å²) in [5.41, 5.74) is 2.36. The van der Waals surface area contributed by atoms with Crippen molar-refractivity contribution in [2.45, 2.75) is 25.8 Å². The molecule has 11 heteroatoms. The van der Waals surface area contributed by atoms with Gasteiger partial charge in [0.2, 0.25) is 0 Å². The van der Waals surface area contributed by atoms with E-state index in [2.05, 4.69) is 31.6 Å². The summed E-state index contributed by atoms with van der Waals surface area (Å²) in [4.78, 5) is 20.3. The van der Waals surface area contributed by atoms with Gasteiger partial charge in [-0.3, -0.25) is 4.90 Å². The molecule has 4 rings (SSSR count). The van der Waals surface area contributed by atoms with Gasteiger partial charge in [0.05, 0.1) is 32.1 Å². The fraction of sp³-hybridized carbons (Fsp3) is 0.316. The Bertz CT molecular complexity index is 972. The molecule has 3 heterocycles. The number of hydrogen-bond donors (Lipinski definition) is 1. The fourth-order valence-corrected chi connectivity index (χ4v) is 3.62. The lowest BCUT2D eigenvalue weighted by Crippen LogP contribution is -2.33. The normalized spacial score (nSPS) is 13.9. The Hall–Kier alpha value is -2.92. The predicted octanol–water partition coefficient (Wildman–Crippen LogP) is 3.66. The summed E-state index contributed by atoms with van der Waals surface area (Å²) < 4.78 is 39.3. The number of hydrogen-bond acceptors (Lipinski definition) is 6. The topological polar surface area (TPSA) is 80.5 Å². The first-order chi connectivity index (χ1) is 14.3. The maximum absolute atomic E-state index is 10.6. The van der Waals surface area contributed by atoms with Crippen molar-refractivity contribution >= 4 is 17.3 Å². The standard InChI is InChI=1S/C17H18N4OS.C2HF3O2/c1-22-14-4-2-13(3-5-14)15-10-19-16-11-20(7-8-21(15)16)12-17-18-6-9-23-17;3-2(4,5)1(6)7/h2-6,9-10H,7-8,11-12H2,1H3;(H,6,7). The molecule has 7 nitrogen and oxygen atoms in total. The first-order valence-electron chi connectivity index (χ1n) is 8.87. The van der Waals surface area contributed by atoms with E-state index in [0.29, 0.717) is 0 Å². The second-order valence-corrected chi connectivity index (χ2v) is 7.36. The number of aliphatic carboxylic acids is 1. The summed E-state index contributed by atoms with van der Waals surface area (Å²) in [6.07, 6.45) is -1.24. The molecule has 2 aromatic heterocycles. The van der Waals surface area contributed by atoms with E-state index < -0.39 is 12.1 Å². The average molecular weight is 440 g/mol. The molecule has 0 bridgehead atoms. The Kier molecular flexibility index (Phi) is 6.73. The van der Waals surface area contributed by atoms with E-state index >= 15 is 0 Å². The van der Waals surface area contributed by atoms with Gasteiger partial charge in [-0.15, -0.1) is 11.3 Å². The number of carbonyl (C=O) groups is 1. The second kappa shape index (κ2) is 9.26. The molecule has 0 unspecified atom stereocenters. The molecule has 0 amide bonds. The third kappa shape index (κ3) is 5.36. The van der Waals surface area contributed by atoms with Gasteiger partial charge in [-0.05, 0) is 24.3 Å². The monoisotopic (exact) mass is 440 g/mol. The van der Waals surface area contributed by atoms with Crippen LogP contribution in [0.5, 0.6) is 5.75 Å². The van der Waals surface area contributed by atoms with Crippen LogP contribution in [0.1, 0.15) is 10.8 Å². The maximum Gasteiger partial charge on any atom is 0.490 e. The first-order valence-corrected chi connectivity index (χ1v) is 9.75. The zero-order valence-electron chi connectivity index (χ0n) is 16.0. The zero-order valence-corrected chi connectivity index (χ0v) is 16.8. The van der Waals surface area contributed by atoms with E-state index in [-0.39, 0.29) is 0 Å². The largest absolute Gasteiger partial charge is 0.497 e. The van der Waals surface area contributed by atoms with Crippen molar-refractivity contribution in [2.75, 3.05) is 13.7 Å². The maximum atomic E-state index is 10.6. The van der Waals surface area contributed by atoms with Crippen molar-refractivity contribution in [3.8, 4) is 17.0 Å². The highest BCUT2D eigenvalue weighted by Crippen LogP contribution is 2.26. The smallest absolute Gasteiger partial charge is 0.490 e. The highest BCUT2D eigenvalue weighted by Gasteiger charge is 2.38. The Morgan fingerprint density at radius 3 is 2.50 bits per heavy atom. The van der Waals surface area contributed by atoms with E-state index in [4.69, 9.17) is 14.6 Å². The van der Waals surface area contributed by atoms with Crippen molar-refractivity contribution in [3.63, 3.8) is 0 Å². The number of nitrogens with zero attached hydrogens (tertiary/aromatic N) is 4. The molecule has 0 aliphatic carbocycles. The van der Waals surface area contributed by atoms with Crippen LogP contribution < -0.4 is 4.74 Å². The van der Waals surface area contributed by atoms with Crippen molar-refractivity contribution < 1.29 is 27.8 Å². The van der Waals surface area contributed by atoms with Gasteiger partial charge in [0.15, 0.2) is 0 Å². The molecule has 0 atom stereocenters. The van der Waals surface area contributed by atoms with E-state index in [1.165, 1.54) is 16.3 Å². The number of fused-ring (bicyclic) bond motifs is 1. The highest BCUT2D eigenvalue weighted by atomic mass is 32.1. The molecule has 0 saturated carbocycles. The van der Waals surface area contributed by atoms with Crippen LogP contribution in [0, 0.1) is 0 Å². The van der Waals surface area contributed by atoms with Crippen LogP contribution >= 0.6 is 11.3 Å². The molecule has 0 saturated heterocycles. The van der Waals surface area contributed by atoms with Gasteiger partial charge in [-0.2, -0.15) is 13.2 Å². The lowest BCUT2D eigenvalue weighted by atomic mass is 10.1. The minimum atomic E-state index is -5.08. The number of aromatic nitrogens is 3. The molecule has 30 heavy (non-hydrogen) atoms. The molecule has 0 radical (unpaired) electrons. The number of benzene rings is 1. The van der Waals surface area contributed by atoms with E-state index in [1.54, 1.807) is 18.4 Å². The summed E-state index contributed by atoms with van der Waals surface area (Å²) in [5, 5.41) is 10.3. The van der Waals surface area contributed by atoms with Gasteiger partial charge < -0.3 is 14.4 Å². The first kappa shape index (κ1) is 21.8. The van der Waals surface area contributed by atoms with Crippen LogP contribution in [0.15, 0.2) is 42.0 Å². The Morgan fingerprint density at radius 2 is 1.93 bits per heavy atom. The van der Waals surface area contributed by atoms with Gasteiger partial charge in [-0.1, -0.05) is 0 Å². The molecule has 1 N–H and O–H groups in total. The number of carboxylic acids is 1. The number of thiazole rings is 1. The van der Waals surface area contributed by atoms with Crippen molar-refractivity contribution in [3.05, 3.63) is 52.9 Å². The third-order valence-corrected chi connectivity index (χ3v) is 5.18. The summed E-state index contributed by atoms with van der Waals surface area (Å²) in [7, 11) is 1.69. The van der Waals surface area contributed by atoms with Crippen LogP contribution in [0.3, 0.4) is 0 Å². The van der Waals surface area contributed by atoms with Crippen LogP contribution in [0.4, 0.5) is 13.2 Å². The third-order valence-electron chi connectivity index (χ3n) is 4.41. The minimum Gasteiger partial charge on any atom is -0.497 e. The van der Waals surface area contributed by atoms with Gasteiger partial charge in [0.25, 0.3) is 0 Å². The fourth-order valence-electron chi connectivity index (χ4n) is 2.96. The summed E-state index contributed by atoms with van der Waals surface area (Å²) >= 11 is 1.71. The second-order valence-electron chi connectivity index (χ2n) is 6.38. The van der Waals surface area contributed by atoms with Crippen LogP contribution in [-0.2, 0) is 24.4 Å². The van der Waals surface area contributed by atoms with E-state index in [1.807, 2.05) is 29.9 Å². The number of ether oxygens (including phenoxy) is 1. The summed E-state index contributed by atoms with van der Waals surface area (Å²) in [6.45, 7) is 3.76. The molecule has 0 fully saturated rings. The Labute approximate surface area is 174 Å². The summed E-state index contributed by atoms with van der Waals surface area (Å²) in [6, 6.07) is 8.16.